The van der Waals surface area contributed by atoms with E-state index in [-0.39, 0.29) is 11.8 Å². The Morgan fingerprint density at radius 2 is 1.89 bits per heavy atom. The van der Waals surface area contributed by atoms with Crippen LogP contribution in [0, 0.1) is 12.7 Å². The average molecular weight is 381 g/mol. The molecule has 0 spiro atoms. The smallest absolute Gasteiger partial charge is 0.321 e. The predicted octanol–water partition coefficient (Wildman–Crippen LogP) is 2.46. The van der Waals surface area contributed by atoms with Crippen molar-refractivity contribution < 1.29 is 9.18 Å². The van der Waals surface area contributed by atoms with Crippen LogP contribution in [0.25, 0.3) is 5.82 Å². The van der Waals surface area contributed by atoms with Crippen molar-refractivity contribution >= 4 is 17.5 Å². The van der Waals surface area contributed by atoms with Crippen LogP contribution in [0.2, 0.25) is 0 Å². The van der Waals surface area contributed by atoms with Gasteiger partial charge in [0.1, 0.15) is 29.6 Å². The van der Waals surface area contributed by atoms with Crippen LogP contribution < -0.4 is 10.2 Å². The van der Waals surface area contributed by atoms with E-state index in [9.17, 15) is 9.18 Å². The molecule has 3 aromatic rings. The number of halogens is 1. The van der Waals surface area contributed by atoms with E-state index in [1.807, 2.05) is 23.8 Å². The molecule has 2 aromatic heterocycles. The number of amides is 2. The normalized spacial score (nSPS) is 14.2. The molecule has 1 fully saturated rings. The molecule has 0 atom stereocenters. The summed E-state index contributed by atoms with van der Waals surface area (Å²) >= 11 is 0. The topological polar surface area (TPSA) is 79.2 Å². The molecule has 0 aliphatic carbocycles. The van der Waals surface area contributed by atoms with E-state index in [2.05, 4.69) is 25.2 Å². The number of aryl methyl sites for hydroxylation is 1. The first-order chi connectivity index (χ1) is 13.6. The molecule has 1 aliphatic rings. The molecular formula is C19H20FN7O. The second kappa shape index (κ2) is 7.63. The zero-order chi connectivity index (χ0) is 19.5. The Labute approximate surface area is 161 Å². The number of imidazole rings is 1. The van der Waals surface area contributed by atoms with Crippen molar-refractivity contribution in [2.75, 3.05) is 36.4 Å². The number of rotatable bonds is 3. The van der Waals surface area contributed by atoms with Gasteiger partial charge in [-0.3, -0.25) is 4.57 Å². The fourth-order valence-electron chi connectivity index (χ4n) is 3.13. The second-order valence-corrected chi connectivity index (χ2v) is 6.52. The summed E-state index contributed by atoms with van der Waals surface area (Å²) in [5.41, 5.74) is 0.448. The third-order valence-corrected chi connectivity index (χ3v) is 4.55. The zero-order valence-electron chi connectivity index (χ0n) is 15.4. The average Bonchev–Trinajstić information content (AvgIpc) is 3.22. The van der Waals surface area contributed by atoms with Gasteiger partial charge >= 0.3 is 6.03 Å². The van der Waals surface area contributed by atoms with Crippen LogP contribution in [-0.2, 0) is 0 Å². The Bertz CT molecular complexity index is 968. The fraction of sp³-hybridized carbons (Fsp3) is 0.263. The maximum absolute atomic E-state index is 13.3. The van der Waals surface area contributed by atoms with Gasteiger partial charge in [-0.25, -0.2) is 24.1 Å². The number of nitrogens with one attached hydrogen (secondary N) is 1. The van der Waals surface area contributed by atoms with Gasteiger partial charge in [-0.2, -0.15) is 0 Å². The molecule has 1 aromatic carbocycles. The minimum absolute atomic E-state index is 0.233. The van der Waals surface area contributed by atoms with Crippen LogP contribution in [0.5, 0.6) is 0 Å². The molecule has 28 heavy (non-hydrogen) atoms. The van der Waals surface area contributed by atoms with E-state index in [1.165, 1.54) is 12.1 Å². The Morgan fingerprint density at radius 1 is 1.11 bits per heavy atom. The molecule has 0 radical (unpaired) electrons. The van der Waals surface area contributed by atoms with E-state index < -0.39 is 0 Å². The number of urea groups is 1. The first kappa shape index (κ1) is 17.9. The molecule has 8 nitrogen and oxygen atoms in total. The third kappa shape index (κ3) is 3.93. The fourth-order valence-corrected chi connectivity index (χ4v) is 3.13. The number of nitrogens with zero attached hydrogens (tertiary/aromatic N) is 6. The Kier molecular flexibility index (Phi) is 4.88. The zero-order valence-corrected chi connectivity index (χ0v) is 15.4. The van der Waals surface area contributed by atoms with Crippen molar-refractivity contribution in [1.82, 2.24) is 24.4 Å². The quantitative estimate of drug-likeness (QED) is 0.754. The number of hydrogen-bond donors (Lipinski definition) is 1. The van der Waals surface area contributed by atoms with Gasteiger partial charge in [0.2, 0.25) is 0 Å². The number of carbonyl (C=O) groups excluding carboxylic acids is 1. The van der Waals surface area contributed by atoms with Crippen molar-refractivity contribution in [2.45, 2.75) is 6.92 Å². The molecule has 0 saturated carbocycles. The minimum Gasteiger partial charge on any atom is -0.353 e. The largest absolute Gasteiger partial charge is 0.353 e. The van der Waals surface area contributed by atoms with Gasteiger partial charge in [-0.05, 0) is 25.1 Å². The molecule has 2 amide bonds. The first-order valence-corrected chi connectivity index (χ1v) is 8.99. The van der Waals surface area contributed by atoms with E-state index in [0.717, 1.165) is 11.6 Å². The lowest BCUT2D eigenvalue weighted by atomic mass is 10.3. The third-order valence-electron chi connectivity index (χ3n) is 4.55. The number of benzene rings is 1. The number of hydrogen-bond acceptors (Lipinski definition) is 5. The summed E-state index contributed by atoms with van der Waals surface area (Å²) in [5.74, 6) is 1.87. The van der Waals surface area contributed by atoms with Crippen LogP contribution in [0.15, 0.2) is 49.1 Å². The maximum Gasteiger partial charge on any atom is 0.321 e. The van der Waals surface area contributed by atoms with Crippen LogP contribution >= 0.6 is 0 Å². The summed E-state index contributed by atoms with van der Waals surface area (Å²) in [4.78, 5) is 29.3. The predicted molar refractivity (Wildman–Crippen MR) is 103 cm³/mol. The second-order valence-electron chi connectivity index (χ2n) is 6.52. The molecule has 0 bridgehead atoms. The molecule has 4 rings (SSSR count). The number of aromatic nitrogens is 4. The van der Waals surface area contributed by atoms with Gasteiger partial charge in [0.25, 0.3) is 0 Å². The van der Waals surface area contributed by atoms with Gasteiger partial charge in [-0.15, -0.1) is 0 Å². The highest BCUT2D eigenvalue weighted by molar-refractivity contribution is 5.89. The Balaban J connectivity index is 1.41. The van der Waals surface area contributed by atoms with Crippen LogP contribution in [0.3, 0.4) is 0 Å². The van der Waals surface area contributed by atoms with E-state index in [0.29, 0.717) is 37.7 Å². The number of carbonyl (C=O) groups is 1. The van der Waals surface area contributed by atoms with Crippen molar-refractivity contribution in [3.63, 3.8) is 0 Å². The number of anilines is 2. The van der Waals surface area contributed by atoms with E-state index in [1.54, 1.807) is 29.6 Å². The summed E-state index contributed by atoms with van der Waals surface area (Å²) in [6.45, 7) is 4.24. The molecule has 0 unspecified atom stereocenters. The number of piperazine rings is 1. The van der Waals surface area contributed by atoms with Crippen molar-refractivity contribution in [2.24, 2.45) is 0 Å². The van der Waals surface area contributed by atoms with Crippen LogP contribution in [0.4, 0.5) is 20.7 Å². The molecular weight excluding hydrogens is 361 g/mol. The van der Waals surface area contributed by atoms with Crippen LogP contribution in [-0.4, -0.2) is 56.6 Å². The Morgan fingerprint density at radius 3 is 2.61 bits per heavy atom. The molecule has 1 aliphatic heterocycles. The standard InChI is InChI=1S/C19H20FN7O/c1-14-22-17(12-18(23-14)27-6-5-21-13-27)25-7-9-26(10-8-25)19(28)24-16-4-2-3-15(20)11-16/h2-6,11-13H,7-10H2,1H3,(H,24,28). The molecule has 9 heteroatoms. The summed E-state index contributed by atoms with van der Waals surface area (Å²) < 4.78 is 15.1. The van der Waals surface area contributed by atoms with Gasteiger partial charge in [0, 0.05) is 50.3 Å². The summed E-state index contributed by atoms with van der Waals surface area (Å²) in [6.07, 6.45) is 5.23. The van der Waals surface area contributed by atoms with Gasteiger partial charge < -0.3 is 15.1 Å². The van der Waals surface area contributed by atoms with E-state index >= 15 is 0 Å². The van der Waals surface area contributed by atoms with Crippen molar-refractivity contribution in [1.29, 1.82) is 0 Å². The lowest BCUT2D eigenvalue weighted by molar-refractivity contribution is 0.208. The Hall–Kier alpha value is -3.49. The summed E-state index contributed by atoms with van der Waals surface area (Å²) in [7, 11) is 0. The molecule has 3 heterocycles. The monoisotopic (exact) mass is 381 g/mol. The van der Waals surface area contributed by atoms with Gasteiger partial charge in [0.15, 0.2) is 0 Å². The van der Waals surface area contributed by atoms with Crippen molar-refractivity contribution in [3.05, 3.63) is 60.7 Å². The van der Waals surface area contributed by atoms with Crippen LogP contribution in [0.1, 0.15) is 5.82 Å². The lowest BCUT2D eigenvalue weighted by Gasteiger charge is -2.35. The molecule has 1 N–H and O–H groups in total. The van der Waals surface area contributed by atoms with Gasteiger partial charge in [0.05, 0.1) is 0 Å². The summed E-state index contributed by atoms with van der Waals surface area (Å²) in [6, 6.07) is 7.56. The molecule has 1 saturated heterocycles. The van der Waals surface area contributed by atoms with Crippen molar-refractivity contribution in [3.8, 4) is 5.82 Å². The highest BCUT2D eigenvalue weighted by Crippen LogP contribution is 2.18. The summed E-state index contributed by atoms with van der Waals surface area (Å²) in [5, 5.41) is 2.74. The first-order valence-electron chi connectivity index (χ1n) is 8.99. The lowest BCUT2D eigenvalue weighted by Crippen LogP contribution is -2.50. The highest BCUT2D eigenvalue weighted by Gasteiger charge is 2.22. The maximum atomic E-state index is 13.3. The molecule has 144 valence electrons. The SMILES string of the molecule is Cc1nc(N2CCN(C(=O)Nc3cccc(F)c3)CC2)cc(-n2ccnc2)n1. The van der Waals surface area contributed by atoms with Gasteiger partial charge in [-0.1, -0.05) is 6.07 Å². The minimum atomic E-state index is -0.379. The van der Waals surface area contributed by atoms with E-state index in [4.69, 9.17) is 0 Å². The highest BCUT2D eigenvalue weighted by atomic mass is 19.1.